The number of rotatable bonds is 1. The molecule has 1 aliphatic carbocycles. The molecule has 3 heteroatoms. The average Bonchev–Trinajstić information content (AvgIpc) is 2.44. The van der Waals surface area contributed by atoms with Crippen LogP contribution in [-0.2, 0) is 0 Å². The van der Waals surface area contributed by atoms with Gasteiger partial charge in [-0.3, -0.25) is 0 Å². The molecule has 0 radical (unpaired) electrons. The van der Waals surface area contributed by atoms with Crippen molar-refractivity contribution in [3.8, 4) is 6.07 Å². The number of hydrogen-bond donors (Lipinski definition) is 2. The van der Waals surface area contributed by atoms with Crippen LogP contribution >= 0.6 is 0 Å². The van der Waals surface area contributed by atoms with Crippen LogP contribution in [0, 0.1) is 16.7 Å². The van der Waals surface area contributed by atoms with Crippen LogP contribution in [0.25, 0.3) is 0 Å². The Kier molecular flexibility index (Phi) is 0.999. The highest BCUT2D eigenvalue weighted by molar-refractivity contribution is 5.11. The summed E-state index contributed by atoms with van der Waals surface area (Å²) < 4.78 is 0. The first kappa shape index (κ1) is 5.54. The maximum absolute atomic E-state index is 8.48. The highest BCUT2D eigenvalue weighted by Crippen LogP contribution is 2.46. The van der Waals surface area contributed by atoms with Crippen molar-refractivity contribution in [2.45, 2.75) is 19.1 Å². The average molecular weight is 113 g/mol. The minimum atomic E-state index is -1.44. The van der Waals surface area contributed by atoms with Gasteiger partial charge in [0.1, 0.15) is 5.41 Å². The summed E-state index contributed by atoms with van der Waals surface area (Å²) >= 11 is 0. The summed E-state index contributed by atoms with van der Waals surface area (Å²) in [7, 11) is 0. The molecule has 3 nitrogen and oxygen atoms in total. The van der Waals surface area contributed by atoms with Crippen LogP contribution in [0.5, 0.6) is 0 Å². The largest absolute Gasteiger partial charge is 0.367 e. The molecule has 0 unspecified atom stereocenters. The highest BCUT2D eigenvalue weighted by atomic mass is 16.5. The Balaban J connectivity index is 2.57. The molecule has 0 saturated heterocycles. The standard InChI is InChI=1S/C5H7NO2/c6-3-5(1-2-5)4(7)8/h4,7-8H,1-2H2. The predicted molar refractivity (Wildman–Crippen MR) is 25.5 cm³/mol. The van der Waals surface area contributed by atoms with Gasteiger partial charge in [0, 0.05) is 0 Å². The summed E-state index contributed by atoms with van der Waals surface area (Å²) in [6, 6.07) is 1.85. The van der Waals surface area contributed by atoms with Crippen molar-refractivity contribution in [1.29, 1.82) is 5.26 Å². The van der Waals surface area contributed by atoms with Crippen LogP contribution in [0.2, 0.25) is 0 Å². The Morgan fingerprint density at radius 1 is 1.50 bits per heavy atom. The molecule has 8 heavy (non-hydrogen) atoms. The summed E-state index contributed by atoms with van der Waals surface area (Å²) in [6.07, 6.45) is -0.185. The fraction of sp³-hybridized carbons (Fsp3) is 0.800. The van der Waals surface area contributed by atoms with E-state index < -0.39 is 11.7 Å². The Morgan fingerprint density at radius 3 is 2.00 bits per heavy atom. The fourth-order valence-electron chi connectivity index (χ4n) is 0.562. The van der Waals surface area contributed by atoms with Crippen LogP contribution in [-0.4, -0.2) is 16.5 Å². The summed E-state index contributed by atoms with van der Waals surface area (Å²) in [5, 5.41) is 25.2. The molecule has 0 heterocycles. The smallest absolute Gasteiger partial charge is 0.170 e. The zero-order valence-corrected chi connectivity index (χ0v) is 4.33. The van der Waals surface area contributed by atoms with Gasteiger partial charge >= 0.3 is 0 Å². The van der Waals surface area contributed by atoms with E-state index >= 15 is 0 Å². The molecule has 0 aromatic carbocycles. The molecule has 1 saturated carbocycles. The van der Waals surface area contributed by atoms with Crippen molar-refractivity contribution >= 4 is 0 Å². The van der Waals surface area contributed by atoms with Gasteiger partial charge in [-0.2, -0.15) is 5.26 Å². The third-order valence-corrected chi connectivity index (χ3v) is 1.51. The van der Waals surface area contributed by atoms with E-state index in [2.05, 4.69) is 0 Å². The van der Waals surface area contributed by atoms with E-state index in [1.165, 1.54) is 0 Å². The molecule has 44 valence electrons. The summed E-state index contributed by atoms with van der Waals surface area (Å²) in [4.78, 5) is 0. The topological polar surface area (TPSA) is 64.2 Å². The normalized spacial score (nSPS) is 22.8. The third-order valence-electron chi connectivity index (χ3n) is 1.51. The molecule has 1 rings (SSSR count). The van der Waals surface area contributed by atoms with Crippen LogP contribution in [0.15, 0.2) is 0 Å². The Morgan fingerprint density at radius 2 is 2.00 bits per heavy atom. The molecule has 0 aromatic rings. The molecule has 0 aromatic heterocycles. The van der Waals surface area contributed by atoms with E-state index in [-0.39, 0.29) is 0 Å². The minimum absolute atomic E-state index is 0.626. The van der Waals surface area contributed by atoms with E-state index in [0.717, 1.165) is 0 Å². The second kappa shape index (κ2) is 1.44. The second-order valence-electron chi connectivity index (χ2n) is 2.14. The van der Waals surface area contributed by atoms with E-state index in [1.807, 2.05) is 6.07 Å². The van der Waals surface area contributed by atoms with Crippen molar-refractivity contribution in [2.24, 2.45) is 5.41 Å². The van der Waals surface area contributed by atoms with Gasteiger partial charge in [0.25, 0.3) is 0 Å². The van der Waals surface area contributed by atoms with Gasteiger partial charge in [0.2, 0.25) is 0 Å². The molecule has 0 amide bonds. The van der Waals surface area contributed by atoms with Crippen LogP contribution in [0.3, 0.4) is 0 Å². The van der Waals surface area contributed by atoms with Crippen LogP contribution in [0.1, 0.15) is 12.8 Å². The minimum Gasteiger partial charge on any atom is -0.367 e. The van der Waals surface area contributed by atoms with E-state index in [1.54, 1.807) is 0 Å². The first-order valence-electron chi connectivity index (χ1n) is 2.49. The molecule has 1 fully saturated rings. The fourth-order valence-corrected chi connectivity index (χ4v) is 0.562. The molecule has 0 bridgehead atoms. The molecular weight excluding hydrogens is 106 g/mol. The number of aliphatic hydroxyl groups excluding tert-OH is 1. The molecule has 1 aliphatic rings. The zero-order valence-electron chi connectivity index (χ0n) is 4.33. The molecule has 0 aliphatic heterocycles. The Labute approximate surface area is 47.2 Å². The molecule has 0 spiro atoms. The quantitative estimate of drug-likeness (QED) is 0.455. The lowest BCUT2D eigenvalue weighted by Gasteiger charge is -2.04. The van der Waals surface area contributed by atoms with Gasteiger partial charge in [0.15, 0.2) is 6.29 Å². The van der Waals surface area contributed by atoms with Crippen molar-refractivity contribution in [1.82, 2.24) is 0 Å². The zero-order chi connectivity index (χ0) is 6.20. The summed E-state index contributed by atoms with van der Waals surface area (Å²) in [5.41, 5.74) is -0.792. The lowest BCUT2D eigenvalue weighted by Crippen LogP contribution is -2.18. The summed E-state index contributed by atoms with van der Waals surface area (Å²) in [5.74, 6) is 0. The van der Waals surface area contributed by atoms with Crippen molar-refractivity contribution < 1.29 is 10.2 Å². The maximum Gasteiger partial charge on any atom is 0.170 e. The van der Waals surface area contributed by atoms with Gasteiger partial charge in [-0.05, 0) is 12.8 Å². The van der Waals surface area contributed by atoms with Gasteiger partial charge < -0.3 is 10.2 Å². The monoisotopic (exact) mass is 113 g/mol. The lowest BCUT2D eigenvalue weighted by molar-refractivity contribution is -0.0772. The van der Waals surface area contributed by atoms with Crippen molar-refractivity contribution in [2.75, 3.05) is 0 Å². The van der Waals surface area contributed by atoms with Gasteiger partial charge in [-0.1, -0.05) is 0 Å². The first-order chi connectivity index (χ1) is 3.71. The van der Waals surface area contributed by atoms with Gasteiger partial charge in [-0.15, -0.1) is 0 Å². The first-order valence-corrected chi connectivity index (χ1v) is 2.49. The Hall–Kier alpha value is -0.590. The van der Waals surface area contributed by atoms with Crippen molar-refractivity contribution in [3.63, 3.8) is 0 Å². The van der Waals surface area contributed by atoms with E-state index in [0.29, 0.717) is 12.8 Å². The lowest BCUT2D eigenvalue weighted by atomic mass is 10.1. The van der Waals surface area contributed by atoms with E-state index in [4.69, 9.17) is 15.5 Å². The highest BCUT2D eigenvalue weighted by Gasteiger charge is 2.49. The number of aliphatic hydroxyl groups is 2. The third kappa shape index (κ3) is 0.585. The molecule has 2 N–H and O–H groups in total. The summed E-state index contributed by atoms with van der Waals surface area (Å²) in [6.45, 7) is 0. The van der Waals surface area contributed by atoms with Gasteiger partial charge in [-0.25, -0.2) is 0 Å². The van der Waals surface area contributed by atoms with Crippen molar-refractivity contribution in [3.05, 3.63) is 0 Å². The van der Waals surface area contributed by atoms with Gasteiger partial charge in [0.05, 0.1) is 6.07 Å². The number of nitriles is 1. The predicted octanol–water partition coefficient (Wildman–Crippen LogP) is -0.399. The Bertz CT molecular complexity index is 132. The molecule has 0 atom stereocenters. The van der Waals surface area contributed by atoms with Crippen LogP contribution < -0.4 is 0 Å². The SMILES string of the molecule is N#CC1(C(O)O)CC1. The molecular formula is C5H7NO2. The second-order valence-corrected chi connectivity index (χ2v) is 2.14. The number of hydrogen-bond acceptors (Lipinski definition) is 3. The maximum atomic E-state index is 8.48. The number of nitrogens with zero attached hydrogens (tertiary/aromatic N) is 1. The van der Waals surface area contributed by atoms with Crippen LogP contribution in [0.4, 0.5) is 0 Å². The van der Waals surface area contributed by atoms with E-state index in [9.17, 15) is 0 Å².